The molecule has 0 spiro atoms. The minimum absolute atomic E-state index is 0.194. The quantitative estimate of drug-likeness (QED) is 0.362. The van der Waals surface area contributed by atoms with Crippen LogP contribution in [0.1, 0.15) is 46.5 Å². The average Bonchev–Trinajstić information content (AvgIpc) is 2.29. The molecule has 0 aliphatic rings. The van der Waals surface area contributed by atoms with Gasteiger partial charge in [0.05, 0.1) is 7.11 Å². The van der Waals surface area contributed by atoms with Crippen LogP contribution in [0, 0.1) is 5.92 Å². The van der Waals surface area contributed by atoms with Crippen LogP contribution in [-0.2, 0) is 18.7 Å². The van der Waals surface area contributed by atoms with Gasteiger partial charge in [-0.05, 0) is 12.3 Å². The van der Waals surface area contributed by atoms with Gasteiger partial charge >= 0.3 is 13.8 Å². The lowest BCUT2D eigenvalue weighted by atomic mass is 10.0. The molecule has 20 heavy (non-hydrogen) atoms. The van der Waals surface area contributed by atoms with Crippen LogP contribution >= 0.6 is 7.82 Å². The van der Waals surface area contributed by atoms with E-state index in [1.165, 1.54) is 12.2 Å². The van der Waals surface area contributed by atoms with Crippen molar-refractivity contribution >= 4 is 13.8 Å². The predicted molar refractivity (Wildman–Crippen MR) is 74.6 cm³/mol. The molecule has 0 aromatic carbocycles. The Morgan fingerprint density at radius 1 is 1.25 bits per heavy atom. The molecule has 0 rings (SSSR count). The topological polar surface area (TPSA) is 96.3 Å². The molecule has 1 atom stereocenters. The van der Waals surface area contributed by atoms with Crippen LogP contribution in [-0.4, -0.2) is 40.5 Å². The van der Waals surface area contributed by atoms with Crippen molar-refractivity contribution in [2.24, 2.45) is 5.92 Å². The molecule has 0 heterocycles. The van der Waals surface area contributed by atoms with Crippen molar-refractivity contribution in [1.29, 1.82) is 0 Å². The van der Waals surface area contributed by atoms with E-state index in [9.17, 15) is 9.36 Å². The van der Waals surface area contributed by atoms with Gasteiger partial charge in [-0.3, -0.25) is 9.79 Å². The van der Waals surface area contributed by atoms with Gasteiger partial charge in [-0.1, -0.05) is 40.0 Å². The van der Waals surface area contributed by atoms with Gasteiger partial charge in [0.25, 0.3) is 0 Å². The van der Waals surface area contributed by atoms with Gasteiger partial charge in [0.1, 0.15) is 6.04 Å². The van der Waals surface area contributed by atoms with Gasteiger partial charge in [-0.25, -0.2) is 9.36 Å². The number of hydrogen-bond donors (Lipinski definition) is 2. The van der Waals surface area contributed by atoms with Crippen LogP contribution in [0.25, 0.3) is 0 Å². The summed E-state index contributed by atoms with van der Waals surface area (Å²) in [6, 6.07) is -0.839. The van der Waals surface area contributed by atoms with Crippen LogP contribution < -0.4 is 0 Å². The Balaban J connectivity index is 4.67. The zero-order valence-electron chi connectivity index (χ0n) is 12.6. The Morgan fingerprint density at radius 3 is 2.25 bits per heavy atom. The molecule has 0 fully saturated rings. The summed E-state index contributed by atoms with van der Waals surface area (Å²) >= 11 is 0. The monoisotopic (exact) mass is 311 g/mol. The third-order valence-electron chi connectivity index (χ3n) is 2.86. The van der Waals surface area contributed by atoms with Gasteiger partial charge in [0, 0.05) is 6.54 Å². The van der Waals surface area contributed by atoms with Crippen LogP contribution in [0.4, 0.5) is 0 Å². The minimum atomic E-state index is -4.83. The molecule has 0 aliphatic carbocycles. The molecular formula is C12H26NO6P. The van der Waals surface area contributed by atoms with Crippen molar-refractivity contribution in [3.8, 4) is 0 Å². The second kappa shape index (κ2) is 9.47. The van der Waals surface area contributed by atoms with Crippen LogP contribution in [0.3, 0.4) is 0 Å². The smallest absolute Gasteiger partial charge is 0.369 e. The molecule has 0 bridgehead atoms. The third kappa shape index (κ3) is 7.97. The minimum Gasteiger partial charge on any atom is -0.369 e. The molecule has 8 heteroatoms. The van der Waals surface area contributed by atoms with Crippen molar-refractivity contribution in [1.82, 2.24) is 5.06 Å². The summed E-state index contributed by atoms with van der Waals surface area (Å²) in [4.78, 5) is 34.5. The zero-order valence-corrected chi connectivity index (χ0v) is 13.5. The molecule has 0 unspecified atom stereocenters. The first-order chi connectivity index (χ1) is 9.22. The lowest BCUT2D eigenvalue weighted by Crippen LogP contribution is -2.45. The highest BCUT2D eigenvalue weighted by molar-refractivity contribution is 7.46. The van der Waals surface area contributed by atoms with E-state index in [2.05, 4.69) is 11.4 Å². The number of carbonyl (C=O) groups is 1. The van der Waals surface area contributed by atoms with Crippen molar-refractivity contribution < 1.29 is 28.5 Å². The second-order valence-corrected chi connectivity index (χ2v) is 6.14. The SMILES string of the molecule is CCCCCCN(OC)[C@H](C(=O)OP(=O)(O)O)C(C)C. The largest absolute Gasteiger partial charge is 0.527 e. The Morgan fingerprint density at radius 2 is 1.85 bits per heavy atom. The maximum Gasteiger partial charge on any atom is 0.527 e. The van der Waals surface area contributed by atoms with Gasteiger partial charge in [-0.2, -0.15) is 5.06 Å². The van der Waals surface area contributed by atoms with E-state index in [0.29, 0.717) is 6.54 Å². The number of phosphoric acid groups is 1. The number of carbonyl (C=O) groups excluding carboxylic acids is 1. The van der Waals surface area contributed by atoms with E-state index in [-0.39, 0.29) is 5.92 Å². The summed E-state index contributed by atoms with van der Waals surface area (Å²) in [6.45, 7) is 6.14. The van der Waals surface area contributed by atoms with Crippen LogP contribution in [0.5, 0.6) is 0 Å². The van der Waals surface area contributed by atoms with Crippen LogP contribution in [0.15, 0.2) is 0 Å². The third-order valence-corrected chi connectivity index (χ3v) is 3.28. The first-order valence-corrected chi connectivity index (χ1v) is 8.35. The van der Waals surface area contributed by atoms with E-state index < -0.39 is 19.8 Å². The van der Waals surface area contributed by atoms with Gasteiger partial charge in [-0.15, -0.1) is 0 Å². The number of hydroxylamine groups is 2. The summed E-state index contributed by atoms with van der Waals surface area (Å²) in [6.07, 6.45) is 4.04. The molecule has 0 aliphatic heterocycles. The average molecular weight is 311 g/mol. The Hall–Kier alpha value is -0.460. The highest BCUT2D eigenvalue weighted by atomic mass is 31.2. The van der Waals surface area contributed by atoms with Crippen molar-refractivity contribution in [3.05, 3.63) is 0 Å². The van der Waals surface area contributed by atoms with E-state index in [4.69, 9.17) is 14.6 Å². The molecule has 0 saturated carbocycles. The maximum atomic E-state index is 11.9. The molecule has 0 saturated heterocycles. The van der Waals surface area contributed by atoms with E-state index in [1.54, 1.807) is 13.8 Å². The first-order valence-electron chi connectivity index (χ1n) is 6.82. The number of unbranched alkanes of at least 4 members (excludes halogenated alkanes) is 3. The Kier molecular flexibility index (Phi) is 9.25. The highest BCUT2D eigenvalue weighted by Gasteiger charge is 2.34. The fourth-order valence-electron chi connectivity index (χ4n) is 1.93. The van der Waals surface area contributed by atoms with Gasteiger partial charge < -0.3 is 9.36 Å². The maximum absolute atomic E-state index is 11.9. The Bertz CT molecular complexity index is 330. The molecular weight excluding hydrogens is 285 g/mol. The van der Waals surface area contributed by atoms with Crippen molar-refractivity contribution in [2.75, 3.05) is 13.7 Å². The fourth-order valence-corrected chi connectivity index (χ4v) is 2.27. The number of rotatable bonds is 10. The zero-order chi connectivity index (χ0) is 15.8. The van der Waals surface area contributed by atoms with Gasteiger partial charge in [0.2, 0.25) is 0 Å². The van der Waals surface area contributed by atoms with Crippen LogP contribution in [0.2, 0.25) is 0 Å². The molecule has 0 aromatic heterocycles. The Labute approximate surface area is 120 Å². The summed E-state index contributed by atoms with van der Waals surface area (Å²) in [7, 11) is -3.40. The fraction of sp³-hybridized carbons (Fsp3) is 0.917. The number of phosphoric ester groups is 1. The van der Waals surface area contributed by atoms with Crippen molar-refractivity contribution in [3.63, 3.8) is 0 Å². The van der Waals surface area contributed by atoms with E-state index in [1.807, 2.05) is 0 Å². The second-order valence-electron chi connectivity index (χ2n) is 4.97. The summed E-state index contributed by atoms with van der Waals surface area (Å²) in [5.74, 6) is -1.16. The number of nitrogens with zero attached hydrogens (tertiary/aromatic N) is 1. The number of hydrogen-bond acceptors (Lipinski definition) is 5. The normalized spacial score (nSPS) is 13.8. The molecule has 0 aromatic rings. The van der Waals surface area contributed by atoms with Crippen molar-refractivity contribution in [2.45, 2.75) is 52.5 Å². The molecule has 2 N–H and O–H groups in total. The first kappa shape index (κ1) is 19.5. The predicted octanol–water partition coefficient (Wildman–Crippen LogP) is 2.09. The van der Waals surface area contributed by atoms with Gasteiger partial charge in [0.15, 0.2) is 0 Å². The molecule has 0 radical (unpaired) electrons. The highest BCUT2D eigenvalue weighted by Crippen LogP contribution is 2.37. The molecule has 7 nitrogen and oxygen atoms in total. The lowest BCUT2D eigenvalue weighted by molar-refractivity contribution is -0.190. The lowest BCUT2D eigenvalue weighted by Gasteiger charge is -2.30. The standard InChI is InChI=1S/C12H26NO6P/c1-5-6-7-8-9-13(18-4)11(10(2)3)12(14)19-20(15,16)17/h10-11H,5-9H2,1-4H3,(H2,15,16,17)/t11-/m0/s1. The van der Waals surface area contributed by atoms with E-state index >= 15 is 0 Å². The summed E-state index contributed by atoms with van der Waals surface area (Å²) in [5, 5.41) is 1.43. The molecule has 0 amide bonds. The van der Waals surface area contributed by atoms with E-state index in [0.717, 1.165) is 25.7 Å². The molecule has 120 valence electrons. The summed E-state index contributed by atoms with van der Waals surface area (Å²) < 4.78 is 14.9. The summed E-state index contributed by atoms with van der Waals surface area (Å²) in [5.41, 5.74) is 0.